The van der Waals surface area contributed by atoms with Crippen LogP contribution in [0.1, 0.15) is 29.5 Å². The van der Waals surface area contributed by atoms with E-state index >= 15 is 0 Å². The number of H-pyrrole nitrogens is 1. The Morgan fingerprint density at radius 3 is 2.88 bits per heavy atom. The number of esters is 1. The standard InChI is InChI=1S/C17H17N3O4/c1-3-14(16(21)19-15-8-10(2)24-20-15)23-17(22)12-9-18-13-7-5-4-6-11(12)13/h4-9,14,18H,3H2,1-2H3,(H,19,20,21)/t14-/m0/s1. The van der Waals surface area contributed by atoms with Crippen LogP contribution in [0.4, 0.5) is 5.82 Å². The van der Waals surface area contributed by atoms with Gasteiger partial charge in [-0.2, -0.15) is 0 Å². The summed E-state index contributed by atoms with van der Waals surface area (Å²) in [5, 5.41) is 7.02. The van der Waals surface area contributed by atoms with Crippen LogP contribution in [0.5, 0.6) is 0 Å². The fourth-order valence-electron chi connectivity index (χ4n) is 2.39. The lowest BCUT2D eigenvalue weighted by molar-refractivity contribution is -0.124. The number of nitrogens with one attached hydrogen (secondary N) is 2. The zero-order valence-electron chi connectivity index (χ0n) is 13.3. The number of anilines is 1. The van der Waals surface area contributed by atoms with Crippen molar-refractivity contribution < 1.29 is 18.8 Å². The highest BCUT2D eigenvalue weighted by Gasteiger charge is 2.24. The van der Waals surface area contributed by atoms with E-state index in [0.29, 0.717) is 23.6 Å². The van der Waals surface area contributed by atoms with Gasteiger partial charge in [0.05, 0.1) is 5.56 Å². The first-order valence-corrected chi connectivity index (χ1v) is 7.59. The minimum Gasteiger partial charge on any atom is -0.449 e. The number of aryl methyl sites for hydroxylation is 1. The smallest absolute Gasteiger partial charge is 0.341 e. The highest BCUT2D eigenvalue weighted by atomic mass is 16.5. The molecule has 2 heterocycles. The van der Waals surface area contributed by atoms with E-state index in [1.807, 2.05) is 24.3 Å². The van der Waals surface area contributed by atoms with Crippen molar-refractivity contribution in [1.82, 2.24) is 10.1 Å². The first-order valence-electron chi connectivity index (χ1n) is 7.59. The van der Waals surface area contributed by atoms with Crippen molar-refractivity contribution in [3.05, 3.63) is 47.9 Å². The van der Waals surface area contributed by atoms with E-state index in [4.69, 9.17) is 9.26 Å². The van der Waals surface area contributed by atoms with Gasteiger partial charge >= 0.3 is 5.97 Å². The second kappa shape index (κ2) is 6.57. The van der Waals surface area contributed by atoms with E-state index in [1.54, 1.807) is 26.1 Å². The summed E-state index contributed by atoms with van der Waals surface area (Å²) in [5.74, 6) is -0.127. The van der Waals surface area contributed by atoms with Gasteiger partial charge in [0.1, 0.15) is 5.76 Å². The van der Waals surface area contributed by atoms with Gasteiger partial charge in [-0.1, -0.05) is 30.3 Å². The quantitative estimate of drug-likeness (QED) is 0.702. The van der Waals surface area contributed by atoms with Crippen LogP contribution >= 0.6 is 0 Å². The van der Waals surface area contributed by atoms with E-state index in [1.165, 1.54) is 0 Å². The first kappa shape index (κ1) is 15.8. The third-order valence-corrected chi connectivity index (χ3v) is 3.60. The molecule has 124 valence electrons. The predicted molar refractivity (Wildman–Crippen MR) is 87.7 cm³/mol. The monoisotopic (exact) mass is 327 g/mol. The number of hydrogen-bond acceptors (Lipinski definition) is 5. The number of carbonyl (C=O) groups is 2. The van der Waals surface area contributed by atoms with Crippen LogP contribution < -0.4 is 5.32 Å². The minimum atomic E-state index is -0.914. The fourth-order valence-corrected chi connectivity index (χ4v) is 2.39. The molecule has 0 fully saturated rings. The van der Waals surface area contributed by atoms with Crippen LogP contribution in [0.25, 0.3) is 10.9 Å². The van der Waals surface area contributed by atoms with Gasteiger partial charge < -0.3 is 19.6 Å². The molecule has 0 bridgehead atoms. The fraction of sp³-hybridized carbons (Fsp3) is 0.235. The van der Waals surface area contributed by atoms with E-state index in [0.717, 1.165) is 10.9 Å². The molecule has 7 heteroatoms. The number of para-hydroxylation sites is 1. The number of carbonyl (C=O) groups excluding carboxylic acids is 2. The molecule has 3 aromatic rings. The molecule has 0 saturated carbocycles. The van der Waals surface area contributed by atoms with Crippen molar-refractivity contribution in [3.8, 4) is 0 Å². The Morgan fingerprint density at radius 1 is 1.38 bits per heavy atom. The molecule has 0 aliphatic carbocycles. The number of nitrogens with zero attached hydrogens (tertiary/aromatic N) is 1. The molecular weight excluding hydrogens is 310 g/mol. The topological polar surface area (TPSA) is 97.2 Å². The molecule has 0 saturated heterocycles. The third-order valence-electron chi connectivity index (χ3n) is 3.60. The molecule has 24 heavy (non-hydrogen) atoms. The maximum Gasteiger partial charge on any atom is 0.341 e. The average Bonchev–Trinajstić information content (AvgIpc) is 3.18. The van der Waals surface area contributed by atoms with E-state index in [9.17, 15) is 9.59 Å². The van der Waals surface area contributed by atoms with E-state index < -0.39 is 18.0 Å². The minimum absolute atomic E-state index is 0.291. The Balaban J connectivity index is 1.72. The molecule has 0 aliphatic heterocycles. The molecule has 0 unspecified atom stereocenters. The average molecular weight is 327 g/mol. The summed E-state index contributed by atoms with van der Waals surface area (Å²) in [6.45, 7) is 3.48. The van der Waals surface area contributed by atoms with Crippen LogP contribution in [0.3, 0.4) is 0 Å². The van der Waals surface area contributed by atoms with Crippen molar-refractivity contribution in [3.63, 3.8) is 0 Å². The Kier molecular flexibility index (Phi) is 4.33. The normalized spacial score (nSPS) is 12.1. The molecule has 0 radical (unpaired) electrons. The summed E-state index contributed by atoms with van der Waals surface area (Å²) < 4.78 is 10.3. The zero-order chi connectivity index (χ0) is 17.1. The first-order chi connectivity index (χ1) is 11.6. The van der Waals surface area contributed by atoms with Gasteiger partial charge in [-0.25, -0.2) is 4.79 Å². The lowest BCUT2D eigenvalue weighted by Gasteiger charge is -2.14. The number of aromatic amines is 1. The summed E-state index contributed by atoms with van der Waals surface area (Å²) in [7, 11) is 0. The van der Waals surface area contributed by atoms with Gasteiger partial charge in [-0.15, -0.1) is 0 Å². The van der Waals surface area contributed by atoms with Crippen molar-refractivity contribution in [2.75, 3.05) is 5.32 Å². The van der Waals surface area contributed by atoms with Gasteiger partial charge in [0.15, 0.2) is 11.9 Å². The van der Waals surface area contributed by atoms with Crippen LogP contribution in [-0.2, 0) is 9.53 Å². The molecular formula is C17H17N3O4. The number of aromatic nitrogens is 2. The van der Waals surface area contributed by atoms with Crippen LogP contribution in [0.15, 0.2) is 41.1 Å². The second-order valence-corrected chi connectivity index (χ2v) is 5.36. The molecule has 2 N–H and O–H groups in total. The molecule has 0 spiro atoms. The molecule has 1 aromatic carbocycles. The van der Waals surface area contributed by atoms with E-state index in [2.05, 4.69) is 15.5 Å². The highest BCUT2D eigenvalue weighted by Crippen LogP contribution is 2.19. The molecule has 1 amide bonds. The van der Waals surface area contributed by atoms with Crippen LogP contribution in [-0.4, -0.2) is 28.1 Å². The van der Waals surface area contributed by atoms with Crippen molar-refractivity contribution in [2.24, 2.45) is 0 Å². The maximum absolute atomic E-state index is 12.4. The van der Waals surface area contributed by atoms with Gasteiger partial charge in [0, 0.05) is 23.2 Å². The van der Waals surface area contributed by atoms with Gasteiger partial charge in [-0.3, -0.25) is 4.79 Å². The summed E-state index contributed by atoms with van der Waals surface area (Å²) >= 11 is 0. The number of ether oxygens (including phenoxy) is 1. The number of amides is 1. The summed E-state index contributed by atoms with van der Waals surface area (Å²) in [4.78, 5) is 27.6. The number of fused-ring (bicyclic) bond motifs is 1. The third kappa shape index (κ3) is 3.15. The Hall–Kier alpha value is -3.09. The summed E-state index contributed by atoms with van der Waals surface area (Å²) in [5.41, 5.74) is 1.23. The van der Waals surface area contributed by atoms with Crippen LogP contribution in [0, 0.1) is 6.92 Å². The maximum atomic E-state index is 12.4. The largest absolute Gasteiger partial charge is 0.449 e. The Bertz CT molecular complexity index is 881. The second-order valence-electron chi connectivity index (χ2n) is 5.36. The highest BCUT2D eigenvalue weighted by molar-refractivity contribution is 6.05. The lowest BCUT2D eigenvalue weighted by Crippen LogP contribution is -2.32. The van der Waals surface area contributed by atoms with Crippen molar-refractivity contribution >= 4 is 28.6 Å². The zero-order valence-corrected chi connectivity index (χ0v) is 13.3. The Labute approximate surface area is 138 Å². The number of rotatable bonds is 5. The van der Waals surface area contributed by atoms with Gasteiger partial charge in [0.2, 0.25) is 0 Å². The van der Waals surface area contributed by atoms with E-state index in [-0.39, 0.29) is 0 Å². The lowest BCUT2D eigenvalue weighted by atomic mass is 10.2. The van der Waals surface area contributed by atoms with Crippen molar-refractivity contribution in [2.45, 2.75) is 26.4 Å². The van der Waals surface area contributed by atoms with Gasteiger partial charge in [0.25, 0.3) is 5.91 Å². The Morgan fingerprint density at radius 2 is 2.17 bits per heavy atom. The molecule has 7 nitrogen and oxygen atoms in total. The molecule has 0 aliphatic rings. The predicted octanol–water partition coefficient (Wildman–Crippen LogP) is 3.04. The SMILES string of the molecule is CC[C@H](OC(=O)c1c[nH]c2ccccc12)C(=O)Nc1cc(C)on1. The number of benzene rings is 1. The summed E-state index contributed by atoms with van der Waals surface area (Å²) in [6.07, 6.45) is 1.01. The number of hydrogen-bond donors (Lipinski definition) is 2. The van der Waals surface area contributed by atoms with Crippen molar-refractivity contribution in [1.29, 1.82) is 0 Å². The molecule has 2 aromatic heterocycles. The van der Waals surface area contributed by atoms with Gasteiger partial charge in [-0.05, 0) is 19.4 Å². The summed E-state index contributed by atoms with van der Waals surface area (Å²) in [6, 6.07) is 8.98. The van der Waals surface area contributed by atoms with Crippen LogP contribution in [0.2, 0.25) is 0 Å². The molecule has 1 atom stereocenters. The molecule has 3 rings (SSSR count).